The highest BCUT2D eigenvalue weighted by molar-refractivity contribution is 7.12. The number of anilines is 1. The third-order valence-electron chi connectivity index (χ3n) is 5.01. The number of nitrogens with zero attached hydrogens (tertiary/aromatic N) is 1. The summed E-state index contributed by atoms with van der Waals surface area (Å²) in [5.74, 6) is -0.953. The van der Waals surface area contributed by atoms with Gasteiger partial charge in [-0.3, -0.25) is 14.5 Å². The molecule has 1 unspecified atom stereocenters. The second-order valence-electron chi connectivity index (χ2n) is 6.67. The predicted molar refractivity (Wildman–Crippen MR) is 113 cm³/mol. The summed E-state index contributed by atoms with van der Waals surface area (Å²) in [4.78, 5) is 28.4. The van der Waals surface area contributed by atoms with Crippen LogP contribution in [0.2, 0.25) is 0 Å². The fourth-order valence-corrected chi connectivity index (χ4v) is 4.32. The Bertz CT molecular complexity index is 1120. The van der Waals surface area contributed by atoms with E-state index in [0.717, 1.165) is 5.56 Å². The van der Waals surface area contributed by atoms with Crippen LogP contribution < -0.4 is 9.64 Å². The standard InChI is InChI=1S/C23H19NO4S/c1-14-8-3-5-10-16(14)24-20(15-9-4-6-11-17(15)28-2)19(22(26)23(24)27)21(25)18-12-7-13-29-18/h3-13,20,26H,1-2H3. The van der Waals surface area contributed by atoms with Gasteiger partial charge in [-0.1, -0.05) is 42.5 Å². The number of rotatable bonds is 5. The van der Waals surface area contributed by atoms with Crippen molar-refractivity contribution in [2.45, 2.75) is 13.0 Å². The van der Waals surface area contributed by atoms with E-state index in [-0.39, 0.29) is 11.4 Å². The topological polar surface area (TPSA) is 66.8 Å². The number of benzene rings is 2. The van der Waals surface area contributed by atoms with Crippen molar-refractivity contribution in [1.82, 2.24) is 0 Å². The highest BCUT2D eigenvalue weighted by atomic mass is 32.1. The van der Waals surface area contributed by atoms with Crippen LogP contribution in [-0.2, 0) is 4.79 Å². The normalized spacial score (nSPS) is 16.4. The molecule has 3 aromatic rings. The first-order valence-electron chi connectivity index (χ1n) is 9.08. The minimum absolute atomic E-state index is 0.0604. The molecule has 1 aliphatic rings. The molecule has 29 heavy (non-hydrogen) atoms. The summed E-state index contributed by atoms with van der Waals surface area (Å²) in [7, 11) is 1.54. The summed E-state index contributed by atoms with van der Waals surface area (Å²) in [6, 6.07) is 17.3. The van der Waals surface area contributed by atoms with Gasteiger partial charge in [0.1, 0.15) is 5.75 Å². The number of hydrogen-bond acceptors (Lipinski definition) is 5. The lowest BCUT2D eigenvalue weighted by Crippen LogP contribution is -2.31. The van der Waals surface area contributed by atoms with Crippen molar-refractivity contribution in [3.8, 4) is 5.75 Å². The summed E-state index contributed by atoms with van der Waals surface area (Å²) < 4.78 is 5.51. The molecule has 6 heteroatoms. The Balaban J connectivity index is 1.95. The molecule has 4 rings (SSSR count). The van der Waals surface area contributed by atoms with E-state index in [1.165, 1.54) is 23.3 Å². The van der Waals surface area contributed by atoms with E-state index in [4.69, 9.17) is 4.74 Å². The number of ether oxygens (including phenoxy) is 1. The molecule has 0 saturated heterocycles. The van der Waals surface area contributed by atoms with Gasteiger partial charge in [-0.25, -0.2) is 0 Å². The Morgan fingerprint density at radius 3 is 2.48 bits per heavy atom. The number of thiophene rings is 1. The Morgan fingerprint density at radius 1 is 1.07 bits per heavy atom. The maximum absolute atomic E-state index is 13.3. The van der Waals surface area contributed by atoms with E-state index in [1.807, 2.05) is 49.4 Å². The van der Waals surface area contributed by atoms with E-state index in [2.05, 4.69) is 0 Å². The zero-order valence-corrected chi connectivity index (χ0v) is 16.8. The average Bonchev–Trinajstić information content (AvgIpc) is 3.36. The Morgan fingerprint density at radius 2 is 1.79 bits per heavy atom. The van der Waals surface area contributed by atoms with Gasteiger partial charge in [0.25, 0.3) is 5.91 Å². The van der Waals surface area contributed by atoms with Crippen LogP contribution in [-0.4, -0.2) is 23.9 Å². The van der Waals surface area contributed by atoms with E-state index in [0.29, 0.717) is 21.9 Å². The summed E-state index contributed by atoms with van der Waals surface area (Å²) >= 11 is 1.27. The number of Topliss-reactive ketones (excluding diaryl/α,β-unsaturated/α-hetero) is 1. The molecule has 146 valence electrons. The fourth-order valence-electron chi connectivity index (χ4n) is 3.65. The van der Waals surface area contributed by atoms with Crippen LogP contribution in [0, 0.1) is 6.92 Å². The van der Waals surface area contributed by atoms with Gasteiger partial charge in [-0.05, 0) is 36.1 Å². The predicted octanol–water partition coefficient (Wildman–Crippen LogP) is 4.85. The highest BCUT2D eigenvalue weighted by Gasteiger charge is 2.46. The molecule has 0 radical (unpaired) electrons. The number of methoxy groups -OCH3 is 1. The second kappa shape index (κ2) is 7.56. The van der Waals surface area contributed by atoms with E-state index in [9.17, 15) is 14.7 Å². The van der Waals surface area contributed by atoms with Gasteiger partial charge in [0.15, 0.2) is 5.76 Å². The van der Waals surface area contributed by atoms with Gasteiger partial charge in [0.05, 0.1) is 23.6 Å². The van der Waals surface area contributed by atoms with Crippen molar-refractivity contribution in [3.63, 3.8) is 0 Å². The number of amides is 1. The zero-order chi connectivity index (χ0) is 20.5. The molecular formula is C23H19NO4S. The van der Waals surface area contributed by atoms with Crippen LogP contribution >= 0.6 is 11.3 Å². The molecule has 1 amide bonds. The Labute approximate surface area is 172 Å². The lowest BCUT2D eigenvalue weighted by molar-refractivity contribution is -0.117. The number of aliphatic hydroxyl groups excluding tert-OH is 1. The lowest BCUT2D eigenvalue weighted by Gasteiger charge is -2.29. The lowest BCUT2D eigenvalue weighted by atomic mass is 9.94. The second-order valence-corrected chi connectivity index (χ2v) is 7.62. The smallest absolute Gasteiger partial charge is 0.294 e. The van der Waals surface area contributed by atoms with Crippen molar-refractivity contribution in [1.29, 1.82) is 0 Å². The number of aryl methyl sites for hydroxylation is 1. The number of carbonyl (C=O) groups is 2. The summed E-state index contributed by atoms with van der Waals surface area (Å²) in [6.07, 6.45) is 0. The van der Waals surface area contributed by atoms with Crippen LogP contribution in [0.3, 0.4) is 0 Å². The molecule has 1 aliphatic heterocycles. The van der Waals surface area contributed by atoms with E-state index < -0.39 is 17.7 Å². The monoisotopic (exact) mass is 405 g/mol. The quantitative estimate of drug-likeness (QED) is 0.617. The minimum Gasteiger partial charge on any atom is -0.503 e. The van der Waals surface area contributed by atoms with Crippen LogP contribution in [0.15, 0.2) is 77.4 Å². The molecule has 0 aliphatic carbocycles. The molecule has 1 atom stereocenters. The van der Waals surface area contributed by atoms with Crippen LogP contribution in [0.4, 0.5) is 5.69 Å². The average molecular weight is 405 g/mol. The molecular weight excluding hydrogens is 386 g/mol. The molecule has 0 bridgehead atoms. The summed E-state index contributed by atoms with van der Waals surface area (Å²) in [6.45, 7) is 1.89. The molecule has 1 N–H and O–H groups in total. The Kier molecular flexibility index (Phi) is 4.94. The van der Waals surface area contributed by atoms with Crippen molar-refractivity contribution in [3.05, 3.63) is 93.4 Å². The first kappa shape index (κ1) is 19.0. The minimum atomic E-state index is -0.797. The number of aliphatic hydroxyl groups is 1. The van der Waals surface area contributed by atoms with Crippen molar-refractivity contribution in [2.75, 3.05) is 12.0 Å². The largest absolute Gasteiger partial charge is 0.503 e. The molecule has 1 aromatic heterocycles. The van der Waals surface area contributed by atoms with Crippen molar-refractivity contribution in [2.24, 2.45) is 0 Å². The van der Waals surface area contributed by atoms with E-state index in [1.54, 1.807) is 23.6 Å². The van der Waals surface area contributed by atoms with Gasteiger partial charge in [0.2, 0.25) is 5.78 Å². The third-order valence-corrected chi connectivity index (χ3v) is 5.87. The highest BCUT2D eigenvalue weighted by Crippen LogP contribution is 2.45. The SMILES string of the molecule is COc1ccccc1C1C(C(=O)c2cccs2)=C(O)C(=O)N1c1ccccc1C. The molecule has 2 heterocycles. The van der Waals surface area contributed by atoms with Gasteiger partial charge < -0.3 is 9.84 Å². The van der Waals surface area contributed by atoms with E-state index >= 15 is 0 Å². The molecule has 0 spiro atoms. The van der Waals surface area contributed by atoms with Crippen LogP contribution in [0.25, 0.3) is 0 Å². The third kappa shape index (κ3) is 3.11. The summed E-state index contributed by atoms with van der Waals surface area (Å²) in [5, 5.41) is 12.6. The number of para-hydroxylation sites is 2. The molecule has 5 nitrogen and oxygen atoms in total. The first-order valence-corrected chi connectivity index (χ1v) is 9.96. The zero-order valence-electron chi connectivity index (χ0n) is 16.0. The van der Waals surface area contributed by atoms with Crippen molar-refractivity contribution < 1.29 is 19.4 Å². The summed E-state index contributed by atoms with van der Waals surface area (Å²) in [5.41, 5.74) is 2.19. The van der Waals surface area contributed by atoms with Gasteiger partial charge in [-0.15, -0.1) is 11.3 Å². The first-order chi connectivity index (χ1) is 14.0. The van der Waals surface area contributed by atoms with Crippen LogP contribution in [0.5, 0.6) is 5.75 Å². The number of hydrogen-bond donors (Lipinski definition) is 1. The van der Waals surface area contributed by atoms with Gasteiger partial charge in [-0.2, -0.15) is 0 Å². The Hall–Kier alpha value is -3.38. The molecule has 0 saturated carbocycles. The van der Waals surface area contributed by atoms with Gasteiger partial charge in [0, 0.05) is 11.3 Å². The fraction of sp³-hybridized carbons (Fsp3) is 0.130. The van der Waals surface area contributed by atoms with Crippen LogP contribution in [0.1, 0.15) is 26.8 Å². The molecule has 0 fully saturated rings. The van der Waals surface area contributed by atoms with Gasteiger partial charge >= 0.3 is 0 Å². The number of carbonyl (C=O) groups excluding carboxylic acids is 2. The molecule has 2 aromatic carbocycles. The maximum atomic E-state index is 13.3. The maximum Gasteiger partial charge on any atom is 0.294 e. The van der Waals surface area contributed by atoms with Crippen molar-refractivity contribution >= 4 is 28.7 Å². The number of ketones is 1.